The maximum atomic E-state index is 12.0. The molecule has 1 heterocycles. The SMILES string of the molecule is CN1C(=O)CN(NC(=O)CCc2ccc(OC(F)(F)F)cc2)C1=O. The van der Waals surface area contributed by atoms with Crippen LogP contribution >= 0.6 is 0 Å². The van der Waals surface area contributed by atoms with Gasteiger partial charge >= 0.3 is 12.4 Å². The topological polar surface area (TPSA) is 79.0 Å². The van der Waals surface area contributed by atoms with Gasteiger partial charge in [0.2, 0.25) is 5.91 Å². The number of alkyl halides is 3. The first-order valence-corrected chi connectivity index (χ1v) is 6.88. The summed E-state index contributed by atoms with van der Waals surface area (Å²) < 4.78 is 39.9. The summed E-state index contributed by atoms with van der Waals surface area (Å²) in [5, 5.41) is 0.908. The molecule has 1 saturated heterocycles. The molecule has 0 aromatic heterocycles. The molecule has 1 aliphatic rings. The number of hydrazine groups is 1. The zero-order valence-electron chi connectivity index (χ0n) is 12.6. The number of imide groups is 1. The highest BCUT2D eigenvalue weighted by atomic mass is 19.4. The third-order valence-electron chi connectivity index (χ3n) is 3.24. The van der Waals surface area contributed by atoms with Gasteiger partial charge in [-0.25, -0.2) is 9.80 Å². The third kappa shape index (κ3) is 4.61. The van der Waals surface area contributed by atoms with Gasteiger partial charge in [-0.05, 0) is 24.1 Å². The van der Waals surface area contributed by atoms with Crippen LogP contribution in [0.2, 0.25) is 0 Å². The highest BCUT2D eigenvalue weighted by molar-refractivity contribution is 6.02. The number of urea groups is 1. The Morgan fingerprint density at radius 2 is 1.88 bits per heavy atom. The predicted octanol–water partition coefficient (Wildman–Crippen LogP) is 1.44. The van der Waals surface area contributed by atoms with Gasteiger partial charge in [0.1, 0.15) is 12.3 Å². The molecule has 7 nitrogen and oxygen atoms in total. The molecule has 0 spiro atoms. The molecular weight excluding hydrogens is 331 g/mol. The number of carbonyl (C=O) groups excluding carboxylic acids is 3. The fourth-order valence-corrected chi connectivity index (χ4v) is 2.01. The van der Waals surface area contributed by atoms with E-state index in [9.17, 15) is 27.6 Å². The number of amides is 4. The summed E-state index contributed by atoms with van der Waals surface area (Å²) in [7, 11) is 1.31. The number of hydrogen-bond donors (Lipinski definition) is 1. The summed E-state index contributed by atoms with van der Waals surface area (Å²) in [6.07, 6.45) is -4.50. The number of likely N-dealkylation sites (N-methyl/N-ethyl adjacent to an activating group) is 1. The normalized spacial score (nSPS) is 15.0. The minimum Gasteiger partial charge on any atom is -0.406 e. The molecule has 1 fully saturated rings. The number of carbonyl (C=O) groups is 3. The number of nitrogens with one attached hydrogen (secondary N) is 1. The van der Waals surface area contributed by atoms with Gasteiger partial charge in [-0.3, -0.25) is 19.9 Å². The number of hydrogen-bond acceptors (Lipinski definition) is 4. The van der Waals surface area contributed by atoms with Crippen molar-refractivity contribution in [2.75, 3.05) is 13.6 Å². The molecule has 1 aliphatic heterocycles. The second kappa shape index (κ2) is 6.77. The summed E-state index contributed by atoms with van der Waals surface area (Å²) in [6, 6.07) is 4.50. The Labute approximate surface area is 134 Å². The average molecular weight is 345 g/mol. The van der Waals surface area contributed by atoms with E-state index >= 15 is 0 Å². The average Bonchev–Trinajstić information content (AvgIpc) is 2.72. The van der Waals surface area contributed by atoms with E-state index in [1.54, 1.807) is 0 Å². The summed E-state index contributed by atoms with van der Waals surface area (Å²) in [5.41, 5.74) is 2.94. The summed E-state index contributed by atoms with van der Waals surface area (Å²) >= 11 is 0. The molecule has 1 aromatic rings. The van der Waals surface area contributed by atoms with Crippen LogP contribution in [0.4, 0.5) is 18.0 Å². The van der Waals surface area contributed by atoms with Crippen LogP contribution in [-0.2, 0) is 16.0 Å². The van der Waals surface area contributed by atoms with Crippen molar-refractivity contribution >= 4 is 17.8 Å². The van der Waals surface area contributed by atoms with Gasteiger partial charge in [0.25, 0.3) is 5.91 Å². The van der Waals surface area contributed by atoms with Gasteiger partial charge in [-0.2, -0.15) is 0 Å². The standard InChI is InChI=1S/C14H14F3N3O4/c1-19-12(22)8-20(13(19)23)18-11(21)7-4-9-2-5-10(6-3-9)24-14(15,16)17/h2-3,5-6H,4,7-8H2,1H3,(H,18,21). The maximum Gasteiger partial charge on any atom is 0.573 e. The lowest BCUT2D eigenvalue weighted by atomic mass is 10.1. The molecule has 1 N–H and O–H groups in total. The summed E-state index contributed by atoms with van der Waals surface area (Å²) in [5.74, 6) is -1.26. The molecule has 1 aromatic carbocycles. The molecule has 0 unspecified atom stereocenters. The van der Waals surface area contributed by atoms with Crippen molar-refractivity contribution in [2.45, 2.75) is 19.2 Å². The van der Waals surface area contributed by atoms with Crippen LogP contribution in [0.15, 0.2) is 24.3 Å². The van der Waals surface area contributed by atoms with Crippen molar-refractivity contribution in [1.82, 2.24) is 15.3 Å². The Hall–Kier alpha value is -2.78. The van der Waals surface area contributed by atoms with Crippen LogP contribution in [0, 0.1) is 0 Å². The molecular formula is C14H14F3N3O4. The van der Waals surface area contributed by atoms with Crippen molar-refractivity contribution in [1.29, 1.82) is 0 Å². The molecule has 0 radical (unpaired) electrons. The Morgan fingerprint density at radius 3 is 2.38 bits per heavy atom. The van der Waals surface area contributed by atoms with Crippen molar-refractivity contribution in [2.24, 2.45) is 0 Å². The zero-order valence-corrected chi connectivity index (χ0v) is 12.6. The maximum absolute atomic E-state index is 12.0. The number of ether oxygens (including phenoxy) is 1. The zero-order chi connectivity index (χ0) is 17.9. The molecule has 0 aliphatic carbocycles. The van der Waals surface area contributed by atoms with E-state index in [0.717, 1.165) is 22.0 Å². The van der Waals surface area contributed by atoms with Gasteiger partial charge < -0.3 is 4.74 Å². The van der Waals surface area contributed by atoms with Crippen LogP contribution in [0.1, 0.15) is 12.0 Å². The number of nitrogens with zero attached hydrogens (tertiary/aromatic N) is 2. The molecule has 0 saturated carbocycles. The summed E-state index contributed by atoms with van der Waals surface area (Å²) in [4.78, 5) is 35.6. The molecule has 4 amide bonds. The van der Waals surface area contributed by atoms with E-state index in [-0.39, 0.29) is 25.1 Å². The minimum absolute atomic E-state index is 0.00115. The first kappa shape index (κ1) is 17.6. The van der Waals surface area contributed by atoms with Crippen molar-refractivity contribution in [3.05, 3.63) is 29.8 Å². The van der Waals surface area contributed by atoms with Gasteiger partial charge in [0, 0.05) is 13.5 Å². The van der Waals surface area contributed by atoms with Crippen LogP contribution in [0.5, 0.6) is 5.75 Å². The van der Waals surface area contributed by atoms with Gasteiger partial charge in [-0.15, -0.1) is 13.2 Å². The van der Waals surface area contributed by atoms with Crippen LogP contribution < -0.4 is 10.2 Å². The fraction of sp³-hybridized carbons (Fsp3) is 0.357. The second-order valence-electron chi connectivity index (χ2n) is 5.05. The van der Waals surface area contributed by atoms with Crippen LogP contribution in [-0.4, -0.2) is 47.7 Å². The number of halogens is 3. The highest BCUT2D eigenvalue weighted by Crippen LogP contribution is 2.23. The van der Waals surface area contributed by atoms with Crippen LogP contribution in [0.3, 0.4) is 0 Å². The van der Waals surface area contributed by atoms with E-state index in [0.29, 0.717) is 5.56 Å². The quantitative estimate of drug-likeness (QED) is 0.819. The first-order valence-electron chi connectivity index (χ1n) is 6.88. The molecule has 10 heteroatoms. The molecule has 130 valence electrons. The van der Waals surface area contributed by atoms with Crippen LogP contribution in [0.25, 0.3) is 0 Å². The minimum atomic E-state index is -4.76. The Balaban J connectivity index is 1.82. The molecule has 2 rings (SSSR count). The predicted molar refractivity (Wildman–Crippen MR) is 74.5 cm³/mol. The fourth-order valence-electron chi connectivity index (χ4n) is 2.01. The van der Waals surface area contributed by atoms with Crippen molar-refractivity contribution in [3.8, 4) is 5.75 Å². The van der Waals surface area contributed by atoms with E-state index in [2.05, 4.69) is 10.2 Å². The molecule has 24 heavy (non-hydrogen) atoms. The second-order valence-corrected chi connectivity index (χ2v) is 5.05. The van der Waals surface area contributed by atoms with Crippen molar-refractivity contribution < 1.29 is 32.3 Å². The number of aryl methyl sites for hydroxylation is 1. The van der Waals surface area contributed by atoms with Gasteiger partial charge in [-0.1, -0.05) is 12.1 Å². The Bertz CT molecular complexity index is 646. The Kier molecular flexibility index (Phi) is 4.96. The van der Waals surface area contributed by atoms with Crippen molar-refractivity contribution in [3.63, 3.8) is 0 Å². The van der Waals surface area contributed by atoms with E-state index in [1.165, 1.54) is 19.2 Å². The van der Waals surface area contributed by atoms with Gasteiger partial charge in [0.15, 0.2) is 0 Å². The monoisotopic (exact) mass is 345 g/mol. The van der Waals surface area contributed by atoms with E-state index in [1.807, 2.05) is 0 Å². The number of rotatable bonds is 5. The number of benzene rings is 1. The lowest BCUT2D eigenvalue weighted by Gasteiger charge is -2.15. The van der Waals surface area contributed by atoms with E-state index < -0.39 is 24.2 Å². The lowest BCUT2D eigenvalue weighted by Crippen LogP contribution is -2.44. The molecule has 0 atom stereocenters. The lowest BCUT2D eigenvalue weighted by molar-refractivity contribution is -0.274. The Morgan fingerprint density at radius 1 is 1.25 bits per heavy atom. The smallest absolute Gasteiger partial charge is 0.406 e. The molecule has 0 bridgehead atoms. The highest BCUT2D eigenvalue weighted by Gasteiger charge is 2.34. The van der Waals surface area contributed by atoms with Gasteiger partial charge in [0.05, 0.1) is 0 Å². The first-order chi connectivity index (χ1) is 11.2. The third-order valence-corrected chi connectivity index (χ3v) is 3.24. The summed E-state index contributed by atoms with van der Waals surface area (Å²) in [6.45, 7) is -0.232. The largest absolute Gasteiger partial charge is 0.573 e. The van der Waals surface area contributed by atoms with E-state index in [4.69, 9.17) is 0 Å².